The summed E-state index contributed by atoms with van der Waals surface area (Å²) in [5, 5.41) is -0.0138. The molecule has 0 unspecified atom stereocenters. The fourth-order valence-corrected chi connectivity index (χ4v) is 3.74. The number of Topliss-reactive ketones (excluding diaryl/α,β-unsaturated/α-hetero) is 1. The number of hydrogen-bond donors (Lipinski definition) is 0. The van der Waals surface area contributed by atoms with Crippen LogP contribution in [-0.2, 0) is 0 Å². The smallest absolute Gasteiger partial charge is 0.166 e. The molecular weight excluding hydrogens is 339 g/mol. The van der Waals surface area contributed by atoms with E-state index in [1.54, 1.807) is 6.07 Å². The minimum atomic E-state index is -0.610. The van der Waals surface area contributed by atoms with Gasteiger partial charge in [0, 0.05) is 10.9 Å². The second-order valence-electron chi connectivity index (χ2n) is 4.41. The van der Waals surface area contributed by atoms with Crippen molar-refractivity contribution in [3.8, 4) is 0 Å². The Balaban J connectivity index is 2.11. The lowest BCUT2D eigenvalue weighted by atomic mass is 9.93. The highest BCUT2D eigenvalue weighted by molar-refractivity contribution is 9.10. The van der Waals surface area contributed by atoms with Gasteiger partial charge in [0.15, 0.2) is 11.6 Å². The molecule has 1 heterocycles. The van der Waals surface area contributed by atoms with Gasteiger partial charge in [-0.25, -0.2) is 4.39 Å². The molecular formula is C13H13BrClFOS. The zero-order valence-electron chi connectivity index (χ0n) is 9.72. The average molecular weight is 352 g/mol. The van der Waals surface area contributed by atoms with E-state index in [9.17, 15) is 9.18 Å². The molecule has 1 aromatic rings. The number of ketones is 1. The molecule has 1 fully saturated rings. The Morgan fingerprint density at radius 3 is 2.78 bits per heavy atom. The van der Waals surface area contributed by atoms with Crippen LogP contribution in [0, 0.1) is 11.7 Å². The molecule has 1 aromatic carbocycles. The molecule has 0 saturated carbocycles. The van der Waals surface area contributed by atoms with Gasteiger partial charge in [0.2, 0.25) is 0 Å². The predicted octanol–water partition coefficient (Wildman–Crippen LogP) is 4.96. The van der Waals surface area contributed by atoms with Crippen LogP contribution in [0.25, 0.3) is 0 Å². The second-order valence-corrected chi connectivity index (χ2v) is 6.86. The van der Waals surface area contributed by atoms with Crippen LogP contribution in [0.2, 0.25) is 5.02 Å². The van der Waals surface area contributed by atoms with E-state index in [0.717, 1.165) is 24.3 Å². The molecule has 1 aliphatic rings. The fourth-order valence-electron chi connectivity index (χ4n) is 2.06. The van der Waals surface area contributed by atoms with Gasteiger partial charge in [-0.15, -0.1) is 0 Å². The number of rotatable bonds is 3. The summed E-state index contributed by atoms with van der Waals surface area (Å²) < 4.78 is 14.4. The molecule has 0 aliphatic carbocycles. The molecule has 0 radical (unpaired) electrons. The van der Waals surface area contributed by atoms with Crippen molar-refractivity contribution in [1.29, 1.82) is 0 Å². The summed E-state index contributed by atoms with van der Waals surface area (Å²) in [6.07, 6.45) is 2.51. The standard InChI is InChI=1S/C13H13BrClFOS/c14-10-2-1-9(13(16)12(10)15)11(17)7-8-3-5-18-6-4-8/h1-2,8H,3-7H2. The lowest BCUT2D eigenvalue weighted by molar-refractivity contribution is 0.0954. The first kappa shape index (κ1) is 14.4. The molecule has 0 bridgehead atoms. The van der Waals surface area contributed by atoms with Crippen LogP contribution in [-0.4, -0.2) is 17.3 Å². The molecule has 18 heavy (non-hydrogen) atoms. The van der Waals surface area contributed by atoms with E-state index in [2.05, 4.69) is 15.9 Å². The number of carbonyl (C=O) groups is 1. The summed E-state index contributed by atoms with van der Waals surface area (Å²) >= 11 is 10.9. The molecule has 0 spiro atoms. The minimum Gasteiger partial charge on any atom is -0.294 e. The van der Waals surface area contributed by atoms with Crippen molar-refractivity contribution in [2.45, 2.75) is 19.3 Å². The van der Waals surface area contributed by atoms with Crippen LogP contribution in [0.4, 0.5) is 4.39 Å². The van der Waals surface area contributed by atoms with Crippen molar-refractivity contribution < 1.29 is 9.18 Å². The first-order chi connectivity index (χ1) is 8.59. The van der Waals surface area contributed by atoms with E-state index in [0.29, 0.717) is 16.8 Å². The Bertz CT molecular complexity index is 461. The topological polar surface area (TPSA) is 17.1 Å². The maximum absolute atomic E-state index is 13.9. The molecule has 1 aliphatic heterocycles. The van der Waals surface area contributed by atoms with Gasteiger partial charge >= 0.3 is 0 Å². The number of carbonyl (C=O) groups excluding carboxylic acids is 1. The lowest BCUT2D eigenvalue weighted by Crippen LogP contribution is -2.15. The zero-order valence-corrected chi connectivity index (χ0v) is 12.9. The summed E-state index contributed by atoms with van der Waals surface area (Å²) in [6, 6.07) is 3.13. The van der Waals surface area contributed by atoms with Crippen molar-refractivity contribution in [3.63, 3.8) is 0 Å². The Hall–Kier alpha value is -0.0600. The molecule has 0 N–H and O–H groups in total. The number of halogens is 3. The molecule has 1 nitrogen and oxygen atoms in total. The molecule has 2 rings (SSSR count). The Morgan fingerprint density at radius 1 is 1.44 bits per heavy atom. The number of hydrogen-bond acceptors (Lipinski definition) is 2. The van der Waals surface area contributed by atoms with Crippen LogP contribution < -0.4 is 0 Å². The van der Waals surface area contributed by atoms with Gasteiger partial charge in [-0.2, -0.15) is 11.8 Å². The van der Waals surface area contributed by atoms with Crippen molar-refractivity contribution in [2.24, 2.45) is 5.92 Å². The van der Waals surface area contributed by atoms with Crippen LogP contribution >= 0.6 is 39.3 Å². The summed E-state index contributed by atoms with van der Waals surface area (Å²) in [6.45, 7) is 0. The predicted molar refractivity (Wildman–Crippen MR) is 78.1 cm³/mol. The number of benzene rings is 1. The third kappa shape index (κ3) is 3.28. The summed E-state index contributed by atoms with van der Waals surface area (Å²) in [5.41, 5.74) is 0.112. The van der Waals surface area contributed by atoms with Crippen molar-refractivity contribution >= 4 is 45.1 Å². The van der Waals surface area contributed by atoms with Crippen molar-refractivity contribution in [2.75, 3.05) is 11.5 Å². The third-order valence-corrected chi connectivity index (χ3v) is 5.46. The first-order valence-corrected chi connectivity index (χ1v) is 8.16. The Morgan fingerprint density at radius 2 is 2.11 bits per heavy atom. The van der Waals surface area contributed by atoms with Gasteiger partial charge < -0.3 is 0 Å². The van der Waals surface area contributed by atoms with Crippen molar-refractivity contribution in [1.82, 2.24) is 0 Å². The minimum absolute atomic E-state index is 0.0138. The van der Waals surface area contributed by atoms with Gasteiger partial charge in [0.25, 0.3) is 0 Å². The monoisotopic (exact) mass is 350 g/mol. The van der Waals surface area contributed by atoms with Gasteiger partial charge in [0.1, 0.15) is 0 Å². The molecule has 0 amide bonds. The average Bonchev–Trinajstić information content (AvgIpc) is 2.37. The van der Waals surface area contributed by atoms with Crippen LogP contribution in [0.5, 0.6) is 0 Å². The summed E-state index contributed by atoms with van der Waals surface area (Å²) in [4.78, 5) is 12.1. The third-order valence-electron chi connectivity index (χ3n) is 3.15. The molecule has 98 valence electrons. The Labute approximate surface area is 124 Å². The van der Waals surface area contributed by atoms with Crippen LogP contribution in [0.15, 0.2) is 16.6 Å². The highest BCUT2D eigenvalue weighted by atomic mass is 79.9. The normalized spacial score (nSPS) is 16.8. The van der Waals surface area contributed by atoms with E-state index in [-0.39, 0.29) is 16.4 Å². The van der Waals surface area contributed by atoms with Crippen molar-refractivity contribution in [3.05, 3.63) is 33.0 Å². The van der Waals surface area contributed by atoms with E-state index >= 15 is 0 Å². The summed E-state index contributed by atoms with van der Waals surface area (Å²) in [5.74, 6) is 1.84. The molecule has 0 atom stereocenters. The second kappa shape index (κ2) is 6.40. The van der Waals surface area contributed by atoms with Gasteiger partial charge in [-0.3, -0.25) is 4.79 Å². The zero-order chi connectivity index (χ0) is 13.1. The van der Waals surface area contributed by atoms with Gasteiger partial charge in [-0.1, -0.05) is 11.6 Å². The maximum Gasteiger partial charge on any atom is 0.166 e. The van der Waals surface area contributed by atoms with Gasteiger partial charge in [-0.05, 0) is 58.3 Å². The largest absolute Gasteiger partial charge is 0.294 e. The first-order valence-electron chi connectivity index (χ1n) is 5.84. The van der Waals surface area contributed by atoms with Gasteiger partial charge in [0.05, 0.1) is 10.6 Å². The molecule has 1 saturated heterocycles. The fraction of sp³-hybridized carbons (Fsp3) is 0.462. The highest BCUT2D eigenvalue weighted by Crippen LogP contribution is 2.30. The van der Waals surface area contributed by atoms with E-state index in [1.807, 2.05) is 11.8 Å². The van der Waals surface area contributed by atoms with E-state index < -0.39 is 5.82 Å². The lowest BCUT2D eigenvalue weighted by Gasteiger charge is -2.20. The quantitative estimate of drug-likeness (QED) is 0.565. The van der Waals surface area contributed by atoms with E-state index in [1.165, 1.54) is 6.07 Å². The van der Waals surface area contributed by atoms with Crippen LogP contribution in [0.3, 0.4) is 0 Å². The van der Waals surface area contributed by atoms with E-state index in [4.69, 9.17) is 11.6 Å². The highest BCUT2D eigenvalue weighted by Gasteiger charge is 2.21. The van der Waals surface area contributed by atoms with Crippen LogP contribution in [0.1, 0.15) is 29.6 Å². The SMILES string of the molecule is O=C(CC1CCSCC1)c1ccc(Br)c(Cl)c1F. The Kier molecular flexibility index (Phi) is 5.10. The number of thioether (sulfide) groups is 1. The summed E-state index contributed by atoms with van der Waals surface area (Å²) in [7, 11) is 0. The molecule has 5 heteroatoms. The molecule has 0 aromatic heterocycles. The maximum atomic E-state index is 13.9.